The van der Waals surface area contributed by atoms with E-state index in [9.17, 15) is 17.2 Å². The first-order valence-corrected chi connectivity index (χ1v) is 7.65. The fourth-order valence-electron chi connectivity index (χ4n) is 1.77. The highest BCUT2D eigenvalue weighted by atomic mass is 35.5. The van der Waals surface area contributed by atoms with Crippen molar-refractivity contribution < 1.29 is 17.2 Å². The quantitative estimate of drug-likeness (QED) is 0.904. The van der Waals surface area contributed by atoms with Gasteiger partial charge < -0.3 is 5.73 Å². The van der Waals surface area contributed by atoms with E-state index < -0.39 is 21.7 Å². The number of hydrogen-bond donors (Lipinski definition) is 2. The van der Waals surface area contributed by atoms with Crippen LogP contribution in [-0.4, -0.2) is 8.42 Å². The number of hydrogen-bond acceptors (Lipinski definition) is 3. The lowest BCUT2D eigenvalue weighted by Gasteiger charge is -2.12. The molecule has 0 bridgehead atoms. The third-order valence-corrected chi connectivity index (χ3v) is 4.34. The minimum absolute atomic E-state index is 0.0333. The summed E-state index contributed by atoms with van der Waals surface area (Å²) in [4.78, 5) is -0.301. The molecule has 0 fully saturated rings. The van der Waals surface area contributed by atoms with Crippen LogP contribution in [-0.2, 0) is 16.6 Å². The number of halogens is 3. The highest BCUT2D eigenvalue weighted by molar-refractivity contribution is 7.92. The Morgan fingerprint density at radius 1 is 1.10 bits per heavy atom. The predicted octanol–water partition coefficient (Wildman–Crippen LogP) is 2.88. The molecule has 0 saturated heterocycles. The zero-order valence-electron chi connectivity index (χ0n) is 10.6. The van der Waals surface area contributed by atoms with Crippen molar-refractivity contribution in [3.05, 3.63) is 58.6 Å². The van der Waals surface area contributed by atoms with Crippen molar-refractivity contribution >= 4 is 27.3 Å². The Hall–Kier alpha value is -1.70. The second-order valence-electron chi connectivity index (χ2n) is 4.22. The van der Waals surface area contributed by atoms with Gasteiger partial charge in [0.05, 0.1) is 10.6 Å². The van der Waals surface area contributed by atoms with Crippen molar-refractivity contribution in [1.29, 1.82) is 0 Å². The molecular weight excluding hydrogens is 322 g/mol. The molecular formula is C13H11ClF2N2O2S. The third kappa shape index (κ3) is 3.69. The van der Waals surface area contributed by atoms with Crippen molar-refractivity contribution in [2.75, 3.05) is 4.72 Å². The van der Waals surface area contributed by atoms with E-state index in [1.807, 2.05) is 0 Å². The number of nitrogens with one attached hydrogen (secondary N) is 1. The molecule has 0 aliphatic carbocycles. The summed E-state index contributed by atoms with van der Waals surface area (Å²) < 4.78 is 53.1. The molecule has 8 heteroatoms. The molecule has 0 amide bonds. The van der Waals surface area contributed by atoms with E-state index in [-0.39, 0.29) is 27.7 Å². The first-order valence-electron chi connectivity index (χ1n) is 5.79. The minimum Gasteiger partial charge on any atom is -0.326 e. The summed E-state index contributed by atoms with van der Waals surface area (Å²) in [5.41, 5.74) is 5.62. The summed E-state index contributed by atoms with van der Waals surface area (Å²) in [6, 6.07) is 6.48. The van der Waals surface area contributed by atoms with Crippen LogP contribution in [0.1, 0.15) is 5.56 Å². The SMILES string of the molecule is NCc1ccc(F)cc1S(=O)(=O)Nc1cc(F)cc(Cl)c1. The van der Waals surface area contributed by atoms with Crippen LogP contribution in [0.4, 0.5) is 14.5 Å². The second kappa shape index (κ2) is 5.97. The molecule has 4 nitrogen and oxygen atoms in total. The maximum Gasteiger partial charge on any atom is 0.262 e. The minimum atomic E-state index is -4.11. The Morgan fingerprint density at radius 3 is 2.43 bits per heavy atom. The van der Waals surface area contributed by atoms with Crippen LogP contribution in [0.15, 0.2) is 41.3 Å². The van der Waals surface area contributed by atoms with Gasteiger partial charge in [-0.2, -0.15) is 0 Å². The lowest BCUT2D eigenvalue weighted by Crippen LogP contribution is -2.16. The predicted molar refractivity (Wildman–Crippen MR) is 76.5 cm³/mol. The molecule has 0 unspecified atom stereocenters. The molecule has 0 atom stereocenters. The van der Waals surface area contributed by atoms with E-state index in [1.165, 1.54) is 12.1 Å². The fraction of sp³-hybridized carbons (Fsp3) is 0.0769. The Balaban J connectivity index is 2.45. The van der Waals surface area contributed by atoms with Crippen LogP contribution in [0.5, 0.6) is 0 Å². The zero-order valence-corrected chi connectivity index (χ0v) is 12.2. The van der Waals surface area contributed by atoms with Gasteiger partial charge in [-0.15, -0.1) is 0 Å². The van der Waals surface area contributed by atoms with Crippen molar-refractivity contribution in [2.45, 2.75) is 11.4 Å². The van der Waals surface area contributed by atoms with Gasteiger partial charge in [0.25, 0.3) is 10.0 Å². The van der Waals surface area contributed by atoms with E-state index in [1.54, 1.807) is 0 Å². The van der Waals surface area contributed by atoms with Crippen molar-refractivity contribution in [3.8, 4) is 0 Å². The molecule has 0 spiro atoms. The van der Waals surface area contributed by atoms with E-state index in [4.69, 9.17) is 17.3 Å². The summed E-state index contributed by atoms with van der Waals surface area (Å²) in [6.07, 6.45) is 0. The lowest BCUT2D eigenvalue weighted by atomic mass is 10.2. The molecule has 0 aliphatic heterocycles. The first-order chi connectivity index (χ1) is 9.81. The third-order valence-electron chi connectivity index (χ3n) is 2.65. The second-order valence-corrected chi connectivity index (χ2v) is 6.31. The number of benzene rings is 2. The van der Waals surface area contributed by atoms with Crippen LogP contribution < -0.4 is 10.5 Å². The van der Waals surface area contributed by atoms with Gasteiger partial charge in [-0.05, 0) is 35.9 Å². The first kappa shape index (κ1) is 15.7. The lowest BCUT2D eigenvalue weighted by molar-refractivity contribution is 0.593. The van der Waals surface area contributed by atoms with Gasteiger partial charge in [0.1, 0.15) is 11.6 Å². The summed E-state index contributed by atoms with van der Waals surface area (Å²) in [6.45, 7) is -0.0829. The van der Waals surface area contributed by atoms with Gasteiger partial charge >= 0.3 is 0 Å². The van der Waals surface area contributed by atoms with Crippen LogP contribution in [0.2, 0.25) is 5.02 Å². The van der Waals surface area contributed by atoms with Crippen LogP contribution >= 0.6 is 11.6 Å². The van der Waals surface area contributed by atoms with Gasteiger partial charge in [-0.3, -0.25) is 4.72 Å². The summed E-state index contributed by atoms with van der Waals surface area (Å²) >= 11 is 5.65. The molecule has 0 aliphatic rings. The monoisotopic (exact) mass is 332 g/mol. The zero-order chi connectivity index (χ0) is 15.6. The smallest absolute Gasteiger partial charge is 0.262 e. The van der Waals surface area contributed by atoms with E-state index in [0.29, 0.717) is 0 Å². The Morgan fingerprint density at radius 2 is 1.81 bits per heavy atom. The molecule has 2 aromatic carbocycles. The maximum atomic E-state index is 13.3. The van der Waals surface area contributed by atoms with E-state index >= 15 is 0 Å². The fourth-order valence-corrected chi connectivity index (χ4v) is 3.29. The maximum absolute atomic E-state index is 13.3. The molecule has 0 aromatic heterocycles. The molecule has 3 N–H and O–H groups in total. The number of rotatable bonds is 4. The molecule has 0 saturated carbocycles. The number of nitrogens with two attached hydrogens (primary N) is 1. The Labute approximate surface area is 125 Å². The van der Waals surface area contributed by atoms with Crippen molar-refractivity contribution in [2.24, 2.45) is 5.73 Å². The number of anilines is 1. The van der Waals surface area contributed by atoms with Gasteiger partial charge in [0.15, 0.2) is 0 Å². The summed E-state index contributed by atoms with van der Waals surface area (Å²) in [5.74, 6) is -1.41. The highest BCUT2D eigenvalue weighted by Gasteiger charge is 2.19. The van der Waals surface area contributed by atoms with E-state index in [0.717, 1.165) is 24.3 Å². The van der Waals surface area contributed by atoms with Crippen LogP contribution in [0, 0.1) is 11.6 Å². The van der Waals surface area contributed by atoms with Gasteiger partial charge in [0.2, 0.25) is 0 Å². The molecule has 2 aromatic rings. The molecule has 0 radical (unpaired) electrons. The van der Waals surface area contributed by atoms with Crippen LogP contribution in [0.25, 0.3) is 0 Å². The van der Waals surface area contributed by atoms with Gasteiger partial charge in [-0.1, -0.05) is 17.7 Å². The summed E-state index contributed by atoms with van der Waals surface area (Å²) in [5, 5.41) is 0.0333. The average molecular weight is 333 g/mol. The number of sulfonamides is 1. The van der Waals surface area contributed by atoms with Gasteiger partial charge in [-0.25, -0.2) is 17.2 Å². The van der Waals surface area contributed by atoms with Gasteiger partial charge in [0, 0.05) is 11.6 Å². The molecule has 112 valence electrons. The Kier molecular flexibility index (Phi) is 4.46. The largest absolute Gasteiger partial charge is 0.326 e. The summed E-state index contributed by atoms with van der Waals surface area (Å²) in [7, 11) is -4.11. The Bertz CT molecular complexity index is 761. The topological polar surface area (TPSA) is 72.2 Å². The molecule has 0 heterocycles. The average Bonchev–Trinajstić information content (AvgIpc) is 2.36. The normalized spacial score (nSPS) is 11.4. The van der Waals surface area contributed by atoms with Crippen LogP contribution in [0.3, 0.4) is 0 Å². The van der Waals surface area contributed by atoms with E-state index in [2.05, 4.69) is 4.72 Å². The van der Waals surface area contributed by atoms with Crippen molar-refractivity contribution in [1.82, 2.24) is 0 Å². The standard InChI is InChI=1S/C13H11ClF2N2O2S/c14-9-3-11(16)5-12(4-9)18-21(19,20)13-6-10(15)2-1-8(13)7-17/h1-6,18H,7,17H2. The highest BCUT2D eigenvalue weighted by Crippen LogP contribution is 2.23. The molecule has 2 rings (SSSR count). The molecule has 21 heavy (non-hydrogen) atoms. The van der Waals surface area contributed by atoms with Crippen molar-refractivity contribution in [3.63, 3.8) is 0 Å².